The van der Waals surface area contributed by atoms with Crippen LogP contribution in [-0.4, -0.2) is 30.2 Å². The van der Waals surface area contributed by atoms with E-state index in [4.69, 9.17) is 0 Å². The van der Waals surface area contributed by atoms with Crippen molar-refractivity contribution in [3.8, 4) is 0 Å². The Kier molecular flexibility index (Phi) is 2.81. The fourth-order valence-electron chi connectivity index (χ4n) is 3.08. The van der Waals surface area contributed by atoms with E-state index in [9.17, 15) is 0 Å². The molecule has 2 aromatic rings. The Morgan fingerprint density at radius 3 is 2.55 bits per heavy atom. The Morgan fingerprint density at radius 2 is 1.80 bits per heavy atom. The van der Waals surface area contributed by atoms with Gasteiger partial charge in [-0.2, -0.15) is 0 Å². The topological polar surface area (TPSA) is 40.2 Å². The van der Waals surface area contributed by atoms with E-state index >= 15 is 0 Å². The number of piperidine rings is 1. The molecule has 5 rings (SSSR count). The number of hydrogen-bond acceptors (Lipinski definition) is 4. The minimum absolute atomic E-state index is 0.666. The predicted octanol–water partition coefficient (Wildman–Crippen LogP) is 2.38. The molecule has 0 amide bonds. The van der Waals surface area contributed by atoms with E-state index < -0.39 is 0 Å². The van der Waals surface area contributed by atoms with Gasteiger partial charge in [-0.25, -0.2) is 0 Å². The highest BCUT2D eigenvalue weighted by molar-refractivity contribution is 5.63. The van der Waals surface area contributed by atoms with Gasteiger partial charge in [-0.1, -0.05) is 18.2 Å². The maximum atomic E-state index is 4.37. The van der Waals surface area contributed by atoms with Gasteiger partial charge in [0.05, 0.1) is 23.8 Å². The molecule has 3 saturated heterocycles. The van der Waals surface area contributed by atoms with Gasteiger partial charge in [-0.15, -0.1) is 0 Å². The molecule has 0 radical (unpaired) electrons. The average molecular weight is 266 g/mol. The molecule has 102 valence electrons. The summed E-state index contributed by atoms with van der Waals surface area (Å²) in [5.74, 6) is 0. The summed E-state index contributed by atoms with van der Waals surface area (Å²) in [6, 6.07) is 13.7. The lowest BCUT2D eigenvalue weighted by Crippen LogP contribution is -2.67. The first-order valence-electron chi connectivity index (χ1n) is 7.15. The summed E-state index contributed by atoms with van der Waals surface area (Å²) in [4.78, 5) is 6.80. The first-order valence-corrected chi connectivity index (χ1v) is 7.15. The molecular weight excluding hydrogens is 248 g/mol. The number of pyridine rings is 1. The highest BCUT2D eigenvalue weighted by Crippen LogP contribution is 2.27. The Balaban J connectivity index is 1.52. The third-order valence-electron chi connectivity index (χ3n) is 4.07. The van der Waals surface area contributed by atoms with Crippen LogP contribution in [0.15, 0.2) is 48.8 Å². The Bertz CT molecular complexity index is 582. The molecule has 0 spiro atoms. The lowest BCUT2D eigenvalue weighted by atomic mass is 9.91. The van der Waals surface area contributed by atoms with Crippen molar-refractivity contribution in [2.24, 2.45) is 0 Å². The number of rotatable bonds is 3. The smallest absolute Gasteiger partial charge is 0.0591 e. The summed E-state index contributed by atoms with van der Waals surface area (Å²) in [6.07, 6.45) is 5.16. The zero-order valence-corrected chi connectivity index (χ0v) is 11.3. The third kappa shape index (κ3) is 2.23. The fraction of sp³-hybridized carbons (Fsp3) is 0.312. The second-order valence-electron chi connectivity index (χ2n) is 5.62. The summed E-state index contributed by atoms with van der Waals surface area (Å²) in [7, 11) is 0. The van der Waals surface area contributed by atoms with Gasteiger partial charge >= 0.3 is 0 Å². The van der Waals surface area contributed by atoms with Crippen LogP contribution >= 0.6 is 0 Å². The van der Waals surface area contributed by atoms with Crippen LogP contribution in [0.1, 0.15) is 6.42 Å². The van der Waals surface area contributed by atoms with Crippen molar-refractivity contribution in [2.45, 2.75) is 18.5 Å². The van der Waals surface area contributed by atoms with Gasteiger partial charge in [-0.05, 0) is 24.6 Å². The minimum atomic E-state index is 0.666. The molecule has 4 nitrogen and oxygen atoms in total. The van der Waals surface area contributed by atoms with Crippen LogP contribution in [0.25, 0.3) is 0 Å². The van der Waals surface area contributed by atoms with Crippen molar-refractivity contribution in [2.75, 3.05) is 23.3 Å². The third-order valence-corrected chi connectivity index (χ3v) is 4.07. The van der Waals surface area contributed by atoms with Crippen molar-refractivity contribution in [3.63, 3.8) is 0 Å². The first-order chi connectivity index (χ1) is 9.87. The molecule has 1 aromatic carbocycles. The monoisotopic (exact) mass is 266 g/mol. The van der Waals surface area contributed by atoms with Gasteiger partial charge in [-0.3, -0.25) is 4.98 Å². The molecule has 0 saturated carbocycles. The summed E-state index contributed by atoms with van der Waals surface area (Å²) < 4.78 is 0. The van der Waals surface area contributed by atoms with E-state index in [1.165, 1.54) is 12.1 Å². The van der Waals surface area contributed by atoms with E-state index in [1.54, 1.807) is 0 Å². The zero-order chi connectivity index (χ0) is 13.4. The van der Waals surface area contributed by atoms with Gasteiger partial charge in [0.25, 0.3) is 0 Å². The summed E-state index contributed by atoms with van der Waals surface area (Å²) in [6.45, 7) is 2.18. The minimum Gasteiger partial charge on any atom is -0.367 e. The number of fused-ring (bicyclic) bond motifs is 2. The fourth-order valence-corrected chi connectivity index (χ4v) is 3.08. The Morgan fingerprint density at radius 1 is 1.05 bits per heavy atom. The second kappa shape index (κ2) is 4.80. The highest BCUT2D eigenvalue weighted by Gasteiger charge is 2.36. The second-order valence-corrected chi connectivity index (χ2v) is 5.62. The average Bonchev–Trinajstić information content (AvgIpc) is 2.48. The normalized spacial score (nSPS) is 24.1. The molecular formula is C16H18N4. The van der Waals surface area contributed by atoms with E-state index in [1.807, 2.05) is 30.6 Å². The van der Waals surface area contributed by atoms with E-state index in [2.05, 4.69) is 38.7 Å². The molecule has 4 heteroatoms. The van der Waals surface area contributed by atoms with Gasteiger partial charge in [0.15, 0.2) is 0 Å². The van der Waals surface area contributed by atoms with Crippen LogP contribution in [0, 0.1) is 0 Å². The molecule has 4 heterocycles. The number of piperazine rings is 1. The van der Waals surface area contributed by atoms with Crippen LogP contribution in [-0.2, 0) is 0 Å². The molecule has 2 unspecified atom stereocenters. The van der Waals surface area contributed by atoms with E-state index in [0.717, 1.165) is 24.5 Å². The largest absolute Gasteiger partial charge is 0.367 e. The van der Waals surface area contributed by atoms with Crippen molar-refractivity contribution in [1.29, 1.82) is 0 Å². The molecule has 2 atom stereocenters. The summed E-state index contributed by atoms with van der Waals surface area (Å²) in [5, 5.41) is 6.96. The van der Waals surface area contributed by atoms with E-state index in [0.29, 0.717) is 12.1 Å². The molecule has 1 aromatic heterocycles. The number of nitrogens with one attached hydrogen (secondary N) is 2. The molecule has 2 bridgehead atoms. The highest BCUT2D eigenvalue weighted by atomic mass is 15.3. The summed E-state index contributed by atoms with van der Waals surface area (Å²) in [5.41, 5.74) is 3.35. The number of nitrogens with zero attached hydrogens (tertiary/aromatic N) is 2. The maximum Gasteiger partial charge on any atom is 0.0591 e. The number of benzene rings is 1. The van der Waals surface area contributed by atoms with Crippen molar-refractivity contribution in [3.05, 3.63) is 48.8 Å². The maximum absolute atomic E-state index is 4.37. The van der Waals surface area contributed by atoms with Gasteiger partial charge in [0.1, 0.15) is 0 Å². The van der Waals surface area contributed by atoms with Crippen LogP contribution in [0.2, 0.25) is 0 Å². The lowest BCUT2D eigenvalue weighted by Gasteiger charge is -2.49. The molecule has 20 heavy (non-hydrogen) atoms. The van der Waals surface area contributed by atoms with Crippen molar-refractivity contribution in [1.82, 2.24) is 10.3 Å². The van der Waals surface area contributed by atoms with Crippen molar-refractivity contribution >= 4 is 17.1 Å². The molecule has 3 aliphatic heterocycles. The van der Waals surface area contributed by atoms with Crippen LogP contribution in [0.5, 0.6) is 0 Å². The summed E-state index contributed by atoms with van der Waals surface area (Å²) >= 11 is 0. The lowest BCUT2D eigenvalue weighted by molar-refractivity contribution is 0.226. The van der Waals surface area contributed by atoms with Gasteiger partial charge in [0, 0.05) is 30.9 Å². The van der Waals surface area contributed by atoms with Crippen LogP contribution in [0.4, 0.5) is 17.1 Å². The Labute approximate surface area is 118 Å². The van der Waals surface area contributed by atoms with Crippen molar-refractivity contribution < 1.29 is 0 Å². The quantitative estimate of drug-likeness (QED) is 0.895. The Hall–Kier alpha value is -2.07. The molecule has 0 aliphatic carbocycles. The number of aromatic nitrogens is 1. The standard InChI is InChI=1S/C16H18N4/c1-2-4-12(5-3-1)18-13-7-16(9-17-8-13)20-10-14-6-15(11-20)19-14/h1-5,7-9,14-15,18-19H,6,10-11H2. The number of hydrogen-bond donors (Lipinski definition) is 2. The number of anilines is 3. The van der Waals surface area contributed by atoms with Gasteiger partial charge in [0.2, 0.25) is 0 Å². The van der Waals surface area contributed by atoms with Crippen LogP contribution in [0.3, 0.4) is 0 Å². The molecule has 3 aliphatic rings. The first kappa shape index (κ1) is 11.7. The predicted molar refractivity (Wildman–Crippen MR) is 81.5 cm³/mol. The van der Waals surface area contributed by atoms with Crippen LogP contribution < -0.4 is 15.5 Å². The molecule has 2 N–H and O–H groups in total. The van der Waals surface area contributed by atoms with E-state index in [-0.39, 0.29) is 0 Å². The number of para-hydroxylation sites is 1. The zero-order valence-electron chi connectivity index (χ0n) is 11.3. The SMILES string of the molecule is c1ccc(Nc2cncc(N3CC4CC(C3)N4)c2)cc1. The van der Waals surface area contributed by atoms with Gasteiger partial charge < -0.3 is 15.5 Å². The molecule has 3 fully saturated rings.